The predicted molar refractivity (Wildman–Crippen MR) is 132 cm³/mol. The Hall–Kier alpha value is -2.93. The fourth-order valence-electron chi connectivity index (χ4n) is 4.72. The number of nitrogens with zero attached hydrogens (tertiary/aromatic N) is 2. The number of hydrogen-bond acceptors (Lipinski definition) is 4. The van der Waals surface area contributed by atoms with Gasteiger partial charge in [0.05, 0.1) is 25.1 Å². The summed E-state index contributed by atoms with van der Waals surface area (Å²) in [6, 6.07) is 13.3. The van der Waals surface area contributed by atoms with E-state index >= 15 is 0 Å². The summed E-state index contributed by atoms with van der Waals surface area (Å²) in [4.78, 5) is 29.7. The van der Waals surface area contributed by atoms with Gasteiger partial charge in [0.2, 0.25) is 5.91 Å². The molecule has 35 heavy (non-hydrogen) atoms. The van der Waals surface area contributed by atoms with Gasteiger partial charge in [-0.1, -0.05) is 49.9 Å². The van der Waals surface area contributed by atoms with E-state index in [0.29, 0.717) is 37.6 Å². The maximum atomic E-state index is 13.2. The molecule has 2 aliphatic heterocycles. The third-order valence-corrected chi connectivity index (χ3v) is 6.80. The van der Waals surface area contributed by atoms with E-state index in [1.165, 1.54) is 12.1 Å². The Bertz CT molecular complexity index is 997. The van der Waals surface area contributed by atoms with Gasteiger partial charge in [-0.2, -0.15) is 0 Å². The molecule has 1 saturated heterocycles. The van der Waals surface area contributed by atoms with Gasteiger partial charge in [-0.05, 0) is 42.7 Å². The highest BCUT2D eigenvalue weighted by atomic mass is 19.1. The van der Waals surface area contributed by atoms with E-state index in [4.69, 9.17) is 9.47 Å². The van der Waals surface area contributed by atoms with Gasteiger partial charge in [-0.3, -0.25) is 9.59 Å². The molecule has 0 spiro atoms. The van der Waals surface area contributed by atoms with Gasteiger partial charge >= 0.3 is 0 Å². The first-order chi connectivity index (χ1) is 17.0. The van der Waals surface area contributed by atoms with Crippen molar-refractivity contribution in [1.82, 2.24) is 9.80 Å². The van der Waals surface area contributed by atoms with Crippen LogP contribution in [-0.2, 0) is 16.0 Å². The summed E-state index contributed by atoms with van der Waals surface area (Å²) in [5.41, 5.74) is 1.29. The molecule has 0 unspecified atom stereocenters. The minimum Gasteiger partial charge on any atom is -0.485 e. The van der Waals surface area contributed by atoms with Crippen molar-refractivity contribution < 1.29 is 23.5 Å². The smallest absolute Gasteiger partial charge is 0.257 e. The van der Waals surface area contributed by atoms with Crippen molar-refractivity contribution in [3.63, 3.8) is 0 Å². The summed E-state index contributed by atoms with van der Waals surface area (Å²) < 4.78 is 25.8. The number of carbonyl (C=O) groups excluding carboxylic acids is 2. The van der Waals surface area contributed by atoms with Gasteiger partial charge < -0.3 is 19.3 Å². The number of fused-ring (bicyclic) bond motifs is 2. The molecular formula is C28H35FN2O4. The summed E-state index contributed by atoms with van der Waals surface area (Å²) >= 11 is 0. The van der Waals surface area contributed by atoms with Crippen LogP contribution < -0.4 is 4.74 Å². The quantitative estimate of drug-likeness (QED) is 0.634. The Balaban J connectivity index is 1.51. The molecule has 0 N–H and O–H groups in total. The van der Waals surface area contributed by atoms with Crippen molar-refractivity contribution in [3.8, 4) is 5.75 Å². The van der Waals surface area contributed by atoms with E-state index in [0.717, 1.165) is 44.1 Å². The Kier molecular flexibility index (Phi) is 8.74. The zero-order valence-corrected chi connectivity index (χ0v) is 20.5. The molecule has 2 aliphatic rings. The maximum absolute atomic E-state index is 13.2. The number of carbonyl (C=O) groups is 2. The number of rotatable bonds is 2. The molecule has 4 rings (SSSR count). The van der Waals surface area contributed by atoms with Crippen LogP contribution in [0.2, 0.25) is 0 Å². The Morgan fingerprint density at radius 2 is 1.63 bits per heavy atom. The van der Waals surface area contributed by atoms with Crippen LogP contribution >= 0.6 is 0 Å². The summed E-state index contributed by atoms with van der Waals surface area (Å²) in [7, 11) is 1.83. The highest BCUT2D eigenvalue weighted by molar-refractivity contribution is 5.96. The molecule has 0 bridgehead atoms. The third kappa shape index (κ3) is 6.82. The van der Waals surface area contributed by atoms with Crippen molar-refractivity contribution >= 4 is 11.8 Å². The zero-order valence-electron chi connectivity index (χ0n) is 20.5. The number of ether oxygens (including phenoxy) is 2. The number of benzene rings is 2. The number of halogens is 1. The molecule has 2 atom stereocenters. The van der Waals surface area contributed by atoms with E-state index in [1.807, 2.05) is 25.2 Å². The first-order valence-corrected chi connectivity index (χ1v) is 12.7. The van der Waals surface area contributed by atoms with Crippen molar-refractivity contribution in [3.05, 3.63) is 65.5 Å². The SMILES string of the molecule is CN1CCCCCCCCO[C@@H]2CN(C(=O)Cc3ccc(F)cc3)C[C@H]2Oc2ccccc2C1=O. The van der Waals surface area contributed by atoms with Crippen molar-refractivity contribution in [2.45, 2.75) is 57.2 Å². The second-order valence-electron chi connectivity index (χ2n) is 9.51. The van der Waals surface area contributed by atoms with Crippen LogP contribution in [0, 0.1) is 5.82 Å². The molecule has 0 aromatic heterocycles. The molecule has 0 aliphatic carbocycles. The van der Waals surface area contributed by atoms with Crippen LogP contribution in [0.25, 0.3) is 0 Å². The number of amides is 2. The molecule has 1 fully saturated rings. The van der Waals surface area contributed by atoms with Crippen LogP contribution in [0.3, 0.4) is 0 Å². The van der Waals surface area contributed by atoms with E-state index in [1.54, 1.807) is 28.0 Å². The van der Waals surface area contributed by atoms with Crippen molar-refractivity contribution in [1.29, 1.82) is 0 Å². The van der Waals surface area contributed by atoms with E-state index in [9.17, 15) is 14.0 Å². The van der Waals surface area contributed by atoms with E-state index < -0.39 is 0 Å². The molecule has 188 valence electrons. The maximum Gasteiger partial charge on any atom is 0.257 e. The van der Waals surface area contributed by atoms with Gasteiger partial charge in [0.25, 0.3) is 5.91 Å². The first kappa shape index (κ1) is 25.2. The molecule has 2 aromatic rings. The molecule has 2 heterocycles. The molecule has 6 nitrogen and oxygen atoms in total. The summed E-state index contributed by atoms with van der Waals surface area (Å²) in [5.74, 6) is 0.0834. The number of hydrogen-bond donors (Lipinski definition) is 0. The minimum absolute atomic E-state index is 0.0497. The molecule has 7 heteroatoms. The van der Waals surface area contributed by atoms with Crippen LogP contribution in [0.4, 0.5) is 4.39 Å². The lowest BCUT2D eigenvalue weighted by atomic mass is 10.1. The normalized spacial score (nSPS) is 22.3. The molecular weight excluding hydrogens is 447 g/mol. The van der Waals surface area contributed by atoms with Gasteiger partial charge in [0.15, 0.2) is 0 Å². The monoisotopic (exact) mass is 482 g/mol. The zero-order chi connectivity index (χ0) is 24.6. The van der Waals surface area contributed by atoms with Gasteiger partial charge in [-0.15, -0.1) is 0 Å². The molecule has 2 aromatic carbocycles. The second kappa shape index (κ2) is 12.2. The Morgan fingerprint density at radius 3 is 2.43 bits per heavy atom. The van der Waals surface area contributed by atoms with Crippen LogP contribution in [0.1, 0.15) is 54.4 Å². The largest absolute Gasteiger partial charge is 0.485 e. The lowest BCUT2D eigenvalue weighted by molar-refractivity contribution is -0.130. The molecule has 2 amide bonds. The standard InChI is InChI=1S/C28H35FN2O4/c1-30-16-8-4-2-3-5-9-17-34-25-19-31(27(32)18-21-12-14-22(29)15-13-21)20-26(25)35-24-11-7-6-10-23(24)28(30)33/h6-7,10-15,25-26H,2-5,8-9,16-20H2,1H3/t25-,26-/m1/s1. The first-order valence-electron chi connectivity index (χ1n) is 12.7. The lowest BCUT2D eigenvalue weighted by Crippen LogP contribution is -2.34. The average Bonchev–Trinajstić information content (AvgIpc) is 3.26. The van der Waals surface area contributed by atoms with E-state index in [2.05, 4.69) is 0 Å². The Morgan fingerprint density at radius 1 is 0.943 bits per heavy atom. The van der Waals surface area contributed by atoms with Crippen LogP contribution in [0.15, 0.2) is 48.5 Å². The third-order valence-electron chi connectivity index (χ3n) is 6.80. The van der Waals surface area contributed by atoms with E-state index in [-0.39, 0.29) is 36.3 Å². The van der Waals surface area contributed by atoms with Crippen LogP contribution in [0.5, 0.6) is 5.75 Å². The van der Waals surface area contributed by atoms with Crippen LogP contribution in [-0.4, -0.2) is 67.1 Å². The highest BCUT2D eigenvalue weighted by Gasteiger charge is 2.38. The van der Waals surface area contributed by atoms with Gasteiger partial charge in [-0.25, -0.2) is 4.39 Å². The Labute approximate surface area is 207 Å². The lowest BCUT2D eigenvalue weighted by Gasteiger charge is -2.24. The minimum atomic E-state index is -0.376. The average molecular weight is 483 g/mol. The molecule has 0 saturated carbocycles. The molecule has 0 radical (unpaired) electrons. The second-order valence-corrected chi connectivity index (χ2v) is 9.51. The summed E-state index contributed by atoms with van der Waals surface area (Å²) in [6.45, 7) is 2.14. The summed E-state index contributed by atoms with van der Waals surface area (Å²) in [6.07, 6.45) is 6.00. The summed E-state index contributed by atoms with van der Waals surface area (Å²) in [5, 5.41) is 0. The fraction of sp³-hybridized carbons (Fsp3) is 0.500. The highest BCUT2D eigenvalue weighted by Crippen LogP contribution is 2.26. The number of para-hydroxylation sites is 1. The number of likely N-dealkylation sites (tertiary alicyclic amines) is 1. The topological polar surface area (TPSA) is 59.1 Å². The predicted octanol–water partition coefficient (Wildman–Crippen LogP) is 4.47. The van der Waals surface area contributed by atoms with Gasteiger partial charge in [0, 0.05) is 20.2 Å². The fourth-order valence-corrected chi connectivity index (χ4v) is 4.72. The van der Waals surface area contributed by atoms with Crippen molar-refractivity contribution in [2.75, 3.05) is 33.3 Å². The van der Waals surface area contributed by atoms with Gasteiger partial charge in [0.1, 0.15) is 23.8 Å². The van der Waals surface area contributed by atoms with Crippen molar-refractivity contribution in [2.24, 2.45) is 0 Å².